The molecule has 178 valence electrons. The topological polar surface area (TPSA) is 77.6 Å². The lowest BCUT2D eigenvalue weighted by Gasteiger charge is -2.39. The monoisotopic (exact) mass is 477 g/mol. The molecule has 7 nitrogen and oxygen atoms in total. The highest BCUT2D eigenvalue weighted by Gasteiger charge is 2.25. The molecule has 1 fully saturated rings. The summed E-state index contributed by atoms with van der Waals surface area (Å²) in [4.78, 5) is 33.8. The van der Waals surface area contributed by atoms with E-state index in [4.69, 9.17) is 0 Å². The third-order valence-corrected chi connectivity index (χ3v) is 6.80. The van der Waals surface area contributed by atoms with E-state index in [2.05, 4.69) is 56.6 Å². The summed E-state index contributed by atoms with van der Waals surface area (Å²) in [5.41, 5.74) is 3.32. The zero-order valence-electron chi connectivity index (χ0n) is 19.7. The van der Waals surface area contributed by atoms with Crippen LogP contribution in [0.3, 0.4) is 0 Å². The molecule has 2 heterocycles. The van der Waals surface area contributed by atoms with Crippen LogP contribution in [0.15, 0.2) is 60.8 Å². The lowest BCUT2D eigenvalue weighted by molar-refractivity contribution is -0.118. The Morgan fingerprint density at radius 2 is 1.76 bits per heavy atom. The minimum atomic E-state index is -0.107. The first-order valence-corrected chi connectivity index (χ1v) is 12.4. The first-order chi connectivity index (χ1) is 16.4. The van der Waals surface area contributed by atoms with E-state index in [0.29, 0.717) is 17.7 Å². The molecule has 0 radical (unpaired) electrons. The van der Waals surface area contributed by atoms with E-state index < -0.39 is 0 Å². The highest BCUT2D eigenvalue weighted by molar-refractivity contribution is 7.15. The van der Waals surface area contributed by atoms with Crippen molar-refractivity contribution < 1.29 is 9.59 Å². The summed E-state index contributed by atoms with van der Waals surface area (Å²) < 4.78 is 0. The number of carbonyl (C=O) groups excluding carboxylic acids is 2. The predicted molar refractivity (Wildman–Crippen MR) is 137 cm³/mol. The second-order valence-electron chi connectivity index (χ2n) is 8.78. The number of anilines is 2. The molecule has 2 amide bonds. The highest BCUT2D eigenvalue weighted by atomic mass is 32.1. The summed E-state index contributed by atoms with van der Waals surface area (Å²) in [5.74, 6) is -0.0943. The third-order valence-electron chi connectivity index (χ3n) is 5.90. The van der Waals surface area contributed by atoms with E-state index in [1.807, 2.05) is 36.5 Å². The minimum Gasteiger partial charge on any atom is -0.325 e. The molecule has 2 aromatic carbocycles. The van der Waals surface area contributed by atoms with Gasteiger partial charge in [-0.3, -0.25) is 19.4 Å². The Bertz CT molecular complexity index is 1100. The van der Waals surface area contributed by atoms with E-state index >= 15 is 0 Å². The van der Waals surface area contributed by atoms with Gasteiger partial charge in [0.1, 0.15) is 0 Å². The van der Waals surface area contributed by atoms with Crippen LogP contribution in [0.2, 0.25) is 0 Å². The number of benzene rings is 2. The Morgan fingerprint density at radius 3 is 2.47 bits per heavy atom. The van der Waals surface area contributed by atoms with Crippen molar-refractivity contribution in [3.05, 3.63) is 76.8 Å². The van der Waals surface area contributed by atoms with Gasteiger partial charge in [0.15, 0.2) is 5.13 Å². The van der Waals surface area contributed by atoms with Gasteiger partial charge >= 0.3 is 0 Å². The molecule has 0 aliphatic carbocycles. The van der Waals surface area contributed by atoms with Crippen LogP contribution in [0.1, 0.15) is 29.9 Å². The molecule has 1 aliphatic rings. The second-order valence-corrected chi connectivity index (χ2v) is 9.89. The molecule has 1 unspecified atom stereocenters. The van der Waals surface area contributed by atoms with Gasteiger partial charge in [0.05, 0.1) is 6.54 Å². The average Bonchev–Trinajstić information content (AvgIpc) is 3.24. The van der Waals surface area contributed by atoms with E-state index in [0.717, 1.165) is 43.2 Å². The molecule has 34 heavy (non-hydrogen) atoms. The predicted octanol–water partition coefficient (Wildman–Crippen LogP) is 3.84. The lowest BCUT2D eigenvalue weighted by Crippen LogP contribution is -2.52. The first-order valence-electron chi connectivity index (χ1n) is 11.6. The van der Waals surface area contributed by atoms with Crippen molar-refractivity contribution in [3.8, 4) is 0 Å². The maximum Gasteiger partial charge on any atom is 0.238 e. The fraction of sp³-hybridized carbons (Fsp3) is 0.346. The number of piperazine rings is 1. The molecule has 2 N–H and O–H groups in total. The van der Waals surface area contributed by atoms with Crippen LogP contribution in [-0.4, -0.2) is 58.8 Å². The first kappa shape index (κ1) is 24.1. The molecule has 8 heteroatoms. The van der Waals surface area contributed by atoms with Crippen molar-refractivity contribution >= 4 is 34.0 Å². The Hall–Kier alpha value is -3.07. The smallest absolute Gasteiger partial charge is 0.238 e. The zero-order valence-corrected chi connectivity index (χ0v) is 20.5. The molecule has 1 atom stereocenters. The molecule has 3 aromatic rings. The van der Waals surface area contributed by atoms with Crippen molar-refractivity contribution in [1.82, 2.24) is 14.8 Å². The fourth-order valence-electron chi connectivity index (χ4n) is 4.18. The van der Waals surface area contributed by atoms with Crippen molar-refractivity contribution in [2.24, 2.45) is 0 Å². The molecule has 4 rings (SSSR count). The number of hydrogen-bond acceptors (Lipinski definition) is 6. The van der Waals surface area contributed by atoms with Crippen LogP contribution in [-0.2, 0) is 22.6 Å². The number of thiazole rings is 1. The van der Waals surface area contributed by atoms with Gasteiger partial charge in [0.25, 0.3) is 0 Å². The summed E-state index contributed by atoms with van der Waals surface area (Å²) in [6.45, 7) is 7.41. The van der Waals surface area contributed by atoms with E-state index in [9.17, 15) is 9.59 Å². The molecular formula is C26H31N5O2S. The number of nitrogens with zero attached hydrogens (tertiary/aromatic N) is 3. The number of nitrogens with one attached hydrogen (secondary N) is 2. The van der Waals surface area contributed by atoms with Crippen molar-refractivity contribution in [2.45, 2.75) is 32.9 Å². The van der Waals surface area contributed by atoms with E-state index in [-0.39, 0.29) is 11.8 Å². The Morgan fingerprint density at radius 1 is 1.03 bits per heavy atom. The van der Waals surface area contributed by atoms with Crippen molar-refractivity contribution in [1.29, 1.82) is 0 Å². The van der Waals surface area contributed by atoms with Gasteiger partial charge in [0.2, 0.25) is 11.8 Å². The molecule has 1 aromatic heterocycles. The maximum absolute atomic E-state index is 12.6. The third kappa shape index (κ3) is 6.96. The van der Waals surface area contributed by atoms with Gasteiger partial charge in [-0.25, -0.2) is 4.98 Å². The van der Waals surface area contributed by atoms with Crippen LogP contribution < -0.4 is 10.6 Å². The van der Waals surface area contributed by atoms with Gasteiger partial charge in [-0.1, -0.05) is 42.5 Å². The highest BCUT2D eigenvalue weighted by Crippen LogP contribution is 2.22. The SMILES string of the molecule is CC(=O)Nc1ncc(CN2CCN(CC(=O)Nc3ccc(Cc4ccccc4)cc3)CC2C)s1. The summed E-state index contributed by atoms with van der Waals surface area (Å²) in [6.07, 6.45) is 2.71. The van der Waals surface area contributed by atoms with Gasteiger partial charge in [-0.2, -0.15) is 0 Å². The maximum atomic E-state index is 12.6. The lowest BCUT2D eigenvalue weighted by atomic mass is 10.0. The molecule has 1 saturated heterocycles. The minimum absolute atomic E-state index is 0.0128. The van der Waals surface area contributed by atoms with Crippen LogP contribution in [0.4, 0.5) is 10.8 Å². The van der Waals surface area contributed by atoms with Crippen LogP contribution in [0.25, 0.3) is 0 Å². The van der Waals surface area contributed by atoms with Gasteiger partial charge in [-0.05, 0) is 36.6 Å². The van der Waals surface area contributed by atoms with Crippen molar-refractivity contribution in [3.63, 3.8) is 0 Å². The summed E-state index contributed by atoms with van der Waals surface area (Å²) in [5, 5.41) is 6.40. The van der Waals surface area contributed by atoms with Crippen molar-refractivity contribution in [2.75, 3.05) is 36.8 Å². The Balaban J connectivity index is 1.22. The van der Waals surface area contributed by atoms with Gasteiger partial charge in [-0.15, -0.1) is 11.3 Å². The van der Waals surface area contributed by atoms with Crippen LogP contribution >= 0.6 is 11.3 Å². The molecule has 1 aliphatic heterocycles. The van der Waals surface area contributed by atoms with Gasteiger partial charge < -0.3 is 10.6 Å². The Labute approximate surface area is 204 Å². The molecule has 0 saturated carbocycles. The summed E-state index contributed by atoms with van der Waals surface area (Å²) in [7, 11) is 0. The van der Waals surface area contributed by atoms with E-state index in [1.54, 1.807) is 0 Å². The zero-order chi connectivity index (χ0) is 23.9. The van der Waals surface area contributed by atoms with E-state index in [1.165, 1.54) is 29.4 Å². The fourth-order valence-corrected chi connectivity index (χ4v) is 5.06. The molecular weight excluding hydrogens is 446 g/mol. The number of aromatic nitrogens is 1. The quantitative estimate of drug-likeness (QED) is 0.516. The number of carbonyl (C=O) groups is 2. The molecule has 0 bridgehead atoms. The largest absolute Gasteiger partial charge is 0.325 e. The summed E-state index contributed by atoms with van der Waals surface area (Å²) >= 11 is 1.51. The number of amides is 2. The number of hydrogen-bond donors (Lipinski definition) is 2. The average molecular weight is 478 g/mol. The normalized spacial score (nSPS) is 16.8. The number of rotatable bonds is 8. The van der Waals surface area contributed by atoms with Gasteiger partial charge in [0, 0.05) is 55.9 Å². The summed E-state index contributed by atoms with van der Waals surface area (Å²) in [6, 6.07) is 18.8. The molecule has 0 spiro atoms. The van der Waals surface area contributed by atoms with Crippen LogP contribution in [0, 0.1) is 0 Å². The standard InChI is InChI=1S/C26H31N5O2S/c1-19-16-30(12-13-31(19)17-24-15-27-26(34-24)28-20(2)32)18-25(33)29-23-10-8-22(9-11-23)14-21-6-4-3-5-7-21/h3-11,15,19H,12-14,16-18H2,1-2H3,(H,29,33)(H,27,28,32). The second kappa shape index (κ2) is 11.4. The van der Waals surface area contributed by atoms with Crippen LogP contribution in [0.5, 0.6) is 0 Å². The Kier molecular flexibility index (Phi) is 8.05.